The lowest BCUT2D eigenvalue weighted by atomic mass is 9.83. The monoisotopic (exact) mass is 231 g/mol. The maximum Gasteiger partial charge on any atom is 0.216 e. The van der Waals surface area contributed by atoms with Crippen LogP contribution in [0.15, 0.2) is 35.3 Å². The molecular formula is C15H21NO. The second-order valence-corrected chi connectivity index (χ2v) is 5.68. The highest BCUT2D eigenvalue weighted by Crippen LogP contribution is 2.33. The molecule has 0 spiro atoms. The van der Waals surface area contributed by atoms with Crippen molar-refractivity contribution in [2.45, 2.75) is 46.3 Å². The lowest BCUT2D eigenvalue weighted by molar-refractivity contribution is 0.134. The topological polar surface area (TPSA) is 21.6 Å². The zero-order chi connectivity index (χ0) is 12.5. The van der Waals surface area contributed by atoms with E-state index in [-0.39, 0.29) is 17.6 Å². The fourth-order valence-corrected chi connectivity index (χ4v) is 2.23. The Balaban J connectivity index is 2.28. The van der Waals surface area contributed by atoms with E-state index in [0.717, 1.165) is 17.9 Å². The van der Waals surface area contributed by atoms with Crippen molar-refractivity contribution in [2.75, 3.05) is 0 Å². The minimum absolute atomic E-state index is 0.150. The van der Waals surface area contributed by atoms with Crippen LogP contribution in [0.1, 0.15) is 39.7 Å². The summed E-state index contributed by atoms with van der Waals surface area (Å²) in [5, 5.41) is 0. The Morgan fingerprint density at radius 1 is 1.18 bits per heavy atom. The Morgan fingerprint density at radius 3 is 2.29 bits per heavy atom. The summed E-state index contributed by atoms with van der Waals surface area (Å²) < 4.78 is 5.99. The second-order valence-electron chi connectivity index (χ2n) is 5.68. The van der Waals surface area contributed by atoms with Gasteiger partial charge in [0.25, 0.3) is 0 Å². The van der Waals surface area contributed by atoms with E-state index in [9.17, 15) is 0 Å². The maximum atomic E-state index is 5.99. The van der Waals surface area contributed by atoms with Crippen molar-refractivity contribution >= 4 is 5.90 Å². The minimum atomic E-state index is 0.150. The van der Waals surface area contributed by atoms with Gasteiger partial charge in [0.2, 0.25) is 5.90 Å². The molecule has 0 aliphatic carbocycles. The lowest BCUT2D eigenvalue weighted by Gasteiger charge is -2.27. The molecule has 0 saturated carbocycles. The number of rotatable bonds is 2. The van der Waals surface area contributed by atoms with Crippen LogP contribution < -0.4 is 0 Å². The van der Waals surface area contributed by atoms with Crippen LogP contribution in [-0.4, -0.2) is 18.0 Å². The Kier molecular flexibility index (Phi) is 3.23. The largest absolute Gasteiger partial charge is 0.472 e. The Morgan fingerprint density at radius 2 is 1.82 bits per heavy atom. The number of aliphatic imine (C=N–C) groups is 1. The quantitative estimate of drug-likeness (QED) is 0.761. The zero-order valence-corrected chi connectivity index (χ0v) is 11.1. The molecule has 1 heterocycles. The highest BCUT2D eigenvalue weighted by atomic mass is 16.5. The van der Waals surface area contributed by atoms with Gasteiger partial charge in [-0.25, -0.2) is 4.99 Å². The molecule has 1 aliphatic rings. The van der Waals surface area contributed by atoms with Gasteiger partial charge in [0.15, 0.2) is 0 Å². The Labute approximate surface area is 104 Å². The minimum Gasteiger partial charge on any atom is -0.472 e. The summed E-state index contributed by atoms with van der Waals surface area (Å²) in [6.07, 6.45) is 1.21. The van der Waals surface area contributed by atoms with Gasteiger partial charge in [-0.15, -0.1) is 0 Å². The Hall–Kier alpha value is -1.31. The van der Waals surface area contributed by atoms with Gasteiger partial charge >= 0.3 is 0 Å². The van der Waals surface area contributed by atoms with Gasteiger partial charge in [-0.2, -0.15) is 0 Å². The highest BCUT2D eigenvalue weighted by Gasteiger charge is 2.38. The molecule has 0 radical (unpaired) electrons. The van der Waals surface area contributed by atoms with Crippen LogP contribution in [0.4, 0.5) is 0 Å². The van der Waals surface area contributed by atoms with Crippen LogP contribution in [0, 0.1) is 5.41 Å². The lowest BCUT2D eigenvalue weighted by Crippen LogP contribution is -2.33. The molecule has 2 atom stereocenters. The van der Waals surface area contributed by atoms with Crippen LogP contribution in [-0.2, 0) is 4.74 Å². The summed E-state index contributed by atoms with van der Waals surface area (Å²) in [6.45, 7) is 8.83. The first-order valence-corrected chi connectivity index (χ1v) is 6.32. The van der Waals surface area contributed by atoms with Gasteiger partial charge < -0.3 is 4.74 Å². The molecule has 1 aromatic carbocycles. The van der Waals surface area contributed by atoms with E-state index in [0.29, 0.717) is 0 Å². The number of hydrogen-bond donors (Lipinski definition) is 0. The molecule has 0 saturated heterocycles. The van der Waals surface area contributed by atoms with E-state index in [1.807, 2.05) is 18.2 Å². The first-order chi connectivity index (χ1) is 8.02. The van der Waals surface area contributed by atoms with Gasteiger partial charge in [-0.05, 0) is 24.0 Å². The molecule has 0 aromatic heterocycles. The van der Waals surface area contributed by atoms with Gasteiger partial charge in [-0.1, -0.05) is 45.9 Å². The van der Waals surface area contributed by atoms with Crippen LogP contribution in [0.25, 0.3) is 0 Å². The van der Waals surface area contributed by atoms with E-state index in [2.05, 4.69) is 39.8 Å². The van der Waals surface area contributed by atoms with Crippen molar-refractivity contribution in [3.63, 3.8) is 0 Å². The fraction of sp³-hybridized carbons (Fsp3) is 0.533. The van der Waals surface area contributed by atoms with Gasteiger partial charge in [0.05, 0.1) is 6.04 Å². The van der Waals surface area contributed by atoms with Crippen LogP contribution >= 0.6 is 0 Å². The molecule has 0 fully saturated rings. The SMILES string of the molecule is CCC1OC(c2ccccc2)=NC1C(C)(C)C. The molecule has 2 heteroatoms. The van der Waals surface area contributed by atoms with Gasteiger partial charge in [0, 0.05) is 5.56 Å². The van der Waals surface area contributed by atoms with Crippen molar-refractivity contribution in [3.8, 4) is 0 Å². The molecule has 92 valence electrons. The van der Waals surface area contributed by atoms with E-state index in [1.54, 1.807) is 0 Å². The summed E-state index contributed by atoms with van der Waals surface area (Å²) in [7, 11) is 0. The average Bonchev–Trinajstić information content (AvgIpc) is 2.74. The van der Waals surface area contributed by atoms with Crippen molar-refractivity contribution in [1.82, 2.24) is 0 Å². The summed E-state index contributed by atoms with van der Waals surface area (Å²) in [5.74, 6) is 0.803. The first-order valence-electron chi connectivity index (χ1n) is 6.32. The highest BCUT2D eigenvalue weighted by molar-refractivity contribution is 5.95. The molecule has 17 heavy (non-hydrogen) atoms. The zero-order valence-electron chi connectivity index (χ0n) is 11.1. The molecule has 0 N–H and O–H groups in total. The van der Waals surface area contributed by atoms with Crippen molar-refractivity contribution in [1.29, 1.82) is 0 Å². The average molecular weight is 231 g/mol. The molecule has 2 rings (SSSR count). The summed E-state index contributed by atoms with van der Waals surface area (Å²) in [5.41, 5.74) is 1.23. The first kappa shape index (κ1) is 12.2. The van der Waals surface area contributed by atoms with Crippen molar-refractivity contribution in [3.05, 3.63) is 35.9 Å². The third kappa shape index (κ3) is 2.51. The van der Waals surface area contributed by atoms with Gasteiger partial charge in [-0.3, -0.25) is 0 Å². The maximum absolute atomic E-state index is 5.99. The smallest absolute Gasteiger partial charge is 0.216 e. The van der Waals surface area contributed by atoms with Crippen LogP contribution in [0.2, 0.25) is 0 Å². The summed E-state index contributed by atoms with van der Waals surface area (Å²) in [6, 6.07) is 10.4. The fourth-order valence-electron chi connectivity index (χ4n) is 2.23. The summed E-state index contributed by atoms with van der Waals surface area (Å²) in [4.78, 5) is 4.78. The van der Waals surface area contributed by atoms with Crippen LogP contribution in [0.3, 0.4) is 0 Å². The Bertz CT molecular complexity index is 403. The molecule has 1 aromatic rings. The van der Waals surface area contributed by atoms with E-state index >= 15 is 0 Å². The van der Waals surface area contributed by atoms with Crippen molar-refractivity contribution < 1.29 is 4.74 Å². The molecular weight excluding hydrogens is 210 g/mol. The molecule has 0 amide bonds. The van der Waals surface area contributed by atoms with E-state index in [1.165, 1.54) is 0 Å². The molecule has 1 aliphatic heterocycles. The number of benzene rings is 1. The standard InChI is InChI=1S/C15H21NO/c1-5-12-13(15(2,3)4)16-14(17-12)11-9-7-6-8-10-11/h6-10,12-13H,5H2,1-4H3. The van der Waals surface area contributed by atoms with E-state index < -0.39 is 0 Å². The molecule has 2 unspecified atom stereocenters. The second kappa shape index (κ2) is 4.52. The normalized spacial score (nSPS) is 24.4. The number of hydrogen-bond acceptors (Lipinski definition) is 2. The van der Waals surface area contributed by atoms with Gasteiger partial charge in [0.1, 0.15) is 6.10 Å². The summed E-state index contributed by atoms with van der Waals surface area (Å²) >= 11 is 0. The predicted molar refractivity (Wildman–Crippen MR) is 71.4 cm³/mol. The van der Waals surface area contributed by atoms with Crippen LogP contribution in [0.5, 0.6) is 0 Å². The van der Waals surface area contributed by atoms with E-state index in [4.69, 9.17) is 9.73 Å². The molecule has 0 bridgehead atoms. The number of nitrogens with zero attached hydrogens (tertiary/aromatic N) is 1. The van der Waals surface area contributed by atoms with Crippen molar-refractivity contribution in [2.24, 2.45) is 10.4 Å². The number of ether oxygens (including phenoxy) is 1. The third-order valence-corrected chi connectivity index (χ3v) is 3.18. The third-order valence-electron chi connectivity index (χ3n) is 3.18. The molecule has 2 nitrogen and oxygen atoms in total. The predicted octanol–water partition coefficient (Wildman–Crippen LogP) is 3.66.